The molecule has 0 aromatic heterocycles. The topological polar surface area (TPSA) is 90.7 Å². The number of esters is 1. The SMILES string of the molecule is C=C(C)C(=O)OC(C)(CCCOC)NC(N)=O. The molecule has 3 N–H and O–H groups in total. The van der Waals surface area contributed by atoms with Crippen molar-refractivity contribution in [3.63, 3.8) is 0 Å². The summed E-state index contributed by atoms with van der Waals surface area (Å²) >= 11 is 0. The summed E-state index contributed by atoms with van der Waals surface area (Å²) in [6, 6.07) is -0.751. The van der Waals surface area contributed by atoms with Gasteiger partial charge in [-0.2, -0.15) is 0 Å². The smallest absolute Gasteiger partial charge is 0.335 e. The van der Waals surface area contributed by atoms with Crippen LogP contribution in [0.25, 0.3) is 0 Å². The van der Waals surface area contributed by atoms with Crippen LogP contribution in [0.3, 0.4) is 0 Å². The summed E-state index contributed by atoms with van der Waals surface area (Å²) in [5.41, 5.74) is 4.16. The molecule has 0 saturated carbocycles. The zero-order chi connectivity index (χ0) is 13.5. The monoisotopic (exact) mass is 244 g/mol. The molecule has 0 saturated heterocycles. The zero-order valence-electron chi connectivity index (χ0n) is 10.5. The minimum atomic E-state index is -1.14. The standard InChI is InChI=1S/C11H20N2O4/c1-8(2)9(14)17-11(3,13-10(12)15)6-5-7-16-4/h1,5-7H2,2-4H3,(H3,12,13,15). The van der Waals surface area contributed by atoms with Gasteiger partial charge in [0.1, 0.15) is 0 Å². The molecule has 2 amide bonds. The molecule has 1 unspecified atom stereocenters. The Morgan fingerprint density at radius 3 is 2.47 bits per heavy atom. The number of urea groups is 1. The van der Waals surface area contributed by atoms with Crippen LogP contribution in [0.15, 0.2) is 12.2 Å². The number of amides is 2. The van der Waals surface area contributed by atoms with E-state index in [0.717, 1.165) is 0 Å². The van der Waals surface area contributed by atoms with Gasteiger partial charge in [-0.25, -0.2) is 9.59 Å². The second kappa shape index (κ2) is 6.90. The van der Waals surface area contributed by atoms with Crippen molar-refractivity contribution in [2.75, 3.05) is 13.7 Å². The summed E-state index contributed by atoms with van der Waals surface area (Å²) in [5.74, 6) is -0.571. The van der Waals surface area contributed by atoms with Crippen LogP contribution in [0.5, 0.6) is 0 Å². The number of primary amides is 1. The predicted molar refractivity (Wildman–Crippen MR) is 63.1 cm³/mol. The lowest BCUT2D eigenvalue weighted by Crippen LogP contribution is -2.51. The van der Waals surface area contributed by atoms with E-state index < -0.39 is 17.7 Å². The van der Waals surface area contributed by atoms with Crippen molar-refractivity contribution in [1.82, 2.24) is 5.32 Å². The number of hydrogen-bond donors (Lipinski definition) is 2. The quantitative estimate of drug-likeness (QED) is 0.301. The molecule has 6 heteroatoms. The van der Waals surface area contributed by atoms with Gasteiger partial charge in [0.25, 0.3) is 0 Å². The van der Waals surface area contributed by atoms with Crippen molar-refractivity contribution in [2.24, 2.45) is 5.73 Å². The van der Waals surface area contributed by atoms with Crippen molar-refractivity contribution >= 4 is 12.0 Å². The maximum absolute atomic E-state index is 11.4. The summed E-state index contributed by atoms with van der Waals surface area (Å²) in [7, 11) is 1.57. The minimum Gasteiger partial charge on any atom is -0.436 e. The number of ether oxygens (including phenoxy) is 2. The molecule has 0 bridgehead atoms. The first-order valence-corrected chi connectivity index (χ1v) is 5.26. The van der Waals surface area contributed by atoms with Crippen LogP contribution in [0, 0.1) is 0 Å². The molecule has 17 heavy (non-hydrogen) atoms. The Morgan fingerprint density at radius 1 is 1.47 bits per heavy atom. The van der Waals surface area contributed by atoms with Gasteiger partial charge in [0.2, 0.25) is 0 Å². The lowest BCUT2D eigenvalue weighted by atomic mass is 10.1. The molecule has 0 rings (SSSR count). The summed E-state index contributed by atoms with van der Waals surface area (Å²) in [4.78, 5) is 22.3. The second-order valence-electron chi connectivity index (χ2n) is 3.99. The molecule has 0 aromatic carbocycles. The summed E-state index contributed by atoms with van der Waals surface area (Å²) in [6.45, 7) is 7.08. The molecule has 0 heterocycles. The van der Waals surface area contributed by atoms with Crippen LogP contribution < -0.4 is 11.1 Å². The molecule has 0 spiro atoms. The fourth-order valence-electron chi connectivity index (χ4n) is 1.25. The highest BCUT2D eigenvalue weighted by molar-refractivity contribution is 5.87. The maximum atomic E-state index is 11.4. The van der Waals surface area contributed by atoms with Crippen LogP contribution in [0.2, 0.25) is 0 Å². The van der Waals surface area contributed by atoms with Crippen molar-refractivity contribution < 1.29 is 19.1 Å². The van der Waals surface area contributed by atoms with E-state index in [9.17, 15) is 9.59 Å². The molecule has 0 aliphatic carbocycles. The third kappa shape index (κ3) is 6.57. The summed E-state index contributed by atoms with van der Waals surface area (Å²) < 4.78 is 10.0. The molecular formula is C11H20N2O4. The fourth-order valence-corrected chi connectivity index (χ4v) is 1.25. The van der Waals surface area contributed by atoms with Gasteiger partial charge in [0.15, 0.2) is 5.72 Å². The molecule has 0 aliphatic heterocycles. The average molecular weight is 244 g/mol. The van der Waals surface area contributed by atoms with Crippen molar-refractivity contribution in [3.05, 3.63) is 12.2 Å². The van der Waals surface area contributed by atoms with Crippen LogP contribution in [-0.4, -0.2) is 31.4 Å². The summed E-state index contributed by atoms with van der Waals surface area (Å²) in [5, 5.41) is 2.40. The third-order valence-corrected chi connectivity index (χ3v) is 2.06. The van der Waals surface area contributed by atoms with Gasteiger partial charge < -0.3 is 20.5 Å². The highest BCUT2D eigenvalue weighted by Gasteiger charge is 2.29. The number of hydrogen-bond acceptors (Lipinski definition) is 4. The molecule has 6 nitrogen and oxygen atoms in total. The maximum Gasteiger partial charge on any atom is 0.335 e. The Hall–Kier alpha value is -1.56. The van der Waals surface area contributed by atoms with Crippen molar-refractivity contribution in [1.29, 1.82) is 0 Å². The number of methoxy groups -OCH3 is 1. The lowest BCUT2D eigenvalue weighted by Gasteiger charge is -2.29. The van der Waals surface area contributed by atoms with E-state index in [1.165, 1.54) is 6.92 Å². The van der Waals surface area contributed by atoms with Crippen LogP contribution in [-0.2, 0) is 14.3 Å². The Labute approximate surface area is 101 Å². The average Bonchev–Trinajstić information content (AvgIpc) is 2.16. The molecule has 0 radical (unpaired) electrons. The first kappa shape index (κ1) is 15.4. The van der Waals surface area contributed by atoms with Gasteiger partial charge in [-0.3, -0.25) is 0 Å². The highest BCUT2D eigenvalue weighted by atomic mass is 16.6. The zero-order valence-corrected chi connectivity index (χ0v) is 10.5. The minimum absolute atomic E-state index is 0.259. The Balaban J connectivity index is 4.53. The third-order valence-electron chi connectivity index (χ3n) is 2.06. The number of nitrogens with one attached hydrogen (secondary N) is 1. The molecule has 98 valence electrons. The number of carbonyl (C=O) groups is 2. The van der Waals surface area contributed by atoms with Gasteiger partial charge in [-0.1, -0.05) is 6.58 Å². The van der Waals surface area contributed by atoms with E-state index in [1.54, 1.807) is 14.0 Å². The van der Waals surface area contributed by atoms with E-state index in [2.05, 4.69) is 11.9 Å². The van der Waals surface area contributed by atoms with Crippen molar-refractivity contribution in [2.45, 2.75) is 32.4 Å². The van der Waals surface area contributed by atoms with Gasteiger partial charge >= 0.3 is 12.0 Å². The molecule has 0 aliphatic rings. The molecule has 0 aromatic rings. The highest BCUT2D eigenvalue weighted by Crippen LogP contribution is 2.16. The number of nitrogens with two attached hydrogens (primary N) is 1. The van der Waals surface area contributed by atoms with Crippen LogP contribution in [0.4, 0.5) is 4.79 Å². The van der Waals surface area contributed by atoms with Gasteiger partial charge in [-0.15, -0.1) is 0 Å². The normalized spacial score (nSPS) is 13.6. The molecule has 1 atom stereocenters. The van der Waals surface area contributed by atoms with Crippen molar-refractivity contribution in [3.8, 4) is 0 Å². The number of carbonyl (C=O) groups excluding carboxylic acids is 2. The Kier molecular flexibility index (Phi) is 6.27. The second-order valence-corrected chi connectivity index (χ2v) is 3.99. The van der Waals surface area contributed by atoms with E-state index in [-0.39, 0.29) is 5.57 Å². The largest absolute Gasteiger partial charge is 0.436 e. The fraction of sp³-hybridized carbons (Fsp3) is 0.636. The molecule has 0 fully saturated rings. The Bertz CT molecular complexity index is 304. The van der Waals surface area contributed by atoms with Gasteiger partial charge in [0.05, 0.1) is 0 Å². The van der Waals surface area contributed by atoms with Gasteiger partial charge in [-0.05, 0) is 20.3 Å². The van der Waals surface area contributed by atoms with Crippen LogP contribution >= 0.6 is 0 Å². The lowest BCUT2D eigenvalue weighted by molar-refractivity contribution is -0.156. The van der Waals surface area contributed by atoms with E-state index in [0.29, 0.717) is 19.4 Å². The first-order valence-electron chi connectivity index (χ1n) is 5.26. The Morgan fingerprint density at radius 2 is 2.06 bits per heavy atom. The van der Waals surface area contributed by atoms with Crippen LogP contribution in [0.1, 0.15) is 26.7 Å². The number of rotatable bonds is 7. The van der Waals surface area contributed by atoms with E-state index in [1.807, 2.05) is 0 Å². The predicted octanol–water partition coefficient (Wildman–Crippen LogP) is 0.917. The first-order chi connectivity index (χ1) is 7.80. The van der Waals surface area contributed by atoms with E-state index in [4.69, 9.17) is 15.2 Å². The summed E-state index contributed by atoms with van der Waals surface area (Å²) in [6.07, 6.45) is 1.03. The molecular weight excluding hydrogens is 224 g/mol. The van der Waals surface area contributed by atoms with E-state index >= 15 is 0 Å². The van der Waals surface area contributed by atoms with Gasteiger partial charge in [0, 0.05) is 25.7 Å².